The fourth-order valence-electron chi connectivity index (χ4n) is 1.89. The van der Waals surface area contributed by atoms with Crippen LogP contribution < -0.4 is 0 Å². The highest BCUT2D eigenvalue weighted by Crippen LogP contribution is 2.24. The minimum absolute atomic E-state index is 0.0276. The Morgan fingerprint density at radius 1 is 1.26 bits per heavy atom. The maximum Gasteiger partial charge on any atom is 0.297 e. The summed E-state index contributed by atoms with van der Waals surface area (Å²) in [6.45, 7) is 0. The molecule has 0 bridgehead atoms. The second-order valence-corrected chi connectivity index (χ2v) is 6.88. The van der Waals surface area contributed by atoms with E-state index in [4.69, 9.17) is 4.18 Å². The van der Waals surface area contributed by atoms with Crippen LogP contribution in [0.1, 0.15) is 19.3 Å². The van der Waals surface area contributed by atoms with Crippen molar-refractivity contribution in [3.05, 3.63) is 28.7 Å². The highest BCUT2D eigenvalue weighted by molar-refractivity contribution is 9.10. The van der Waals surface area contributed by atoms with Gasteiger partial charge in [-0.1, -0.05) is 15.9 Å². The molecule has 0 aromatic heterocycles. The van der Waals surface area contributed by atoms with Gasteiger partial charge in [0.2, 0.25) is 0 Å². The number of aliphatic hydroxyl groups is 1. The van der Waals surface area contributed by atoms with E-state index in [9.17, 15) is 18.3 Å². The molecule has 7 heteroatoms. The number of benzene rings is 1. The number of hydrogen-bond acceptors (Lipinski definition) is 5. The standard InChI is InChI=1S/C12H13BrO5S/c13-8-1-4-10(5-2-8)19(16,17)18-12-6-3-9(14)7-11(12)15/h1-2,4-5,11-12,15H,3,6-7H2/t11-,12-/m1/s1. The van der Waals surface area contributed by atoms with Crippen LogP contribution in [0.25, 0.3) is 0 Å². The van der Waals surface area contributed by atoms with Gasteiger partial charge >= 0.3 is 0 Å². The maximum absolute atomic E-state index is 12.0. The van der Waals surface area contributed by atoms with Crippen LogP contribution in [-0.2, 0) is 19.1 Å². The Hall–Kier alpha value is -0.760. The molecule has 19 heavy (non-hydrogen) atoms. The Labute approximate surface area is 119 Å². The zero-order valence-corrected chi connectivity index (χ0v) is 12.4. The van der Waals surface area contributed by atoms with Gasteiger partial charge < -0.3 is 5.11 Å². The summed E-state index contributed by atoms with van der Waals surface area (Å²) < 4.78 is 29.8. The summed E-state index contributed by atoms with van der Waals surface area (Å²) in [7, 11) is -3.92. The summed E-state index contributed by atoms with van der Waals surface area (Å²) in [5.41, 5.74) is 0. The van der Waals surface area contributed by atoms with Gasteiger partial charge in [0.1, 0.15) is 11.9 Å². The molecule has 0 spiro atoms. The molecule has 104 valence electrons. The third-order valence-electron chi connectivity index (χ3n) is 2.93. The van der Waals surface area contributed by atoms with Crippen molar-refractivity contribution in [2.45, 2.75) is 36.4 Å². The van der Waals surface area contributed by atoms with Crippen molar-refractivity contribution in [1.82, 2.24) is 0 Å². The first-order valence-corrected chi connectivity index (χ1v) is 7.97. The molecular formula is C12H13BrO5S. The van der Waals surface area contributed by atoms with E-state index in [-0.39, 0.29) is 29.9 Å². The van der Waals surface area contributed by atoms with Gasteiger partial charge in [-0.3, -0.25) is 8.98 Å². The highest BCUT2D eigenvalue weighted by Gasteiger charge is 2.32. The molecule has 0 saturated heterocycles. The fraction of sp³-hybridized carbons (Fsp3) is 0.417. The molecule has 1 aromatic carbocycles. The molecule has 0 amide bonds. The molecular weight excluding hydrogens is 336 g/mol. The van der Waals surface area contributed by atoms with Gasteiger partial charge in [-0.15, -0.1) is 0 Å². The van der Waals surface area contributed by atoms with Crippen molar-refractivity contribution >= 4 is 31.8 Å². The van der Waals surface area contributed by atoms with Crippen LogP contribution in [-0.4, -0.2) is 31.5 Å². The van der Waals surface area contributed by atoms with Crippen molar-refractivity contribution in [3.63, 3.8) is 0 Å². The zero-order valence-electron chi connectivity index (χ0n) is 9.95. The van der Waals surface area contributed by atoms with Gasteiger partial charge in [0, 0.05) is 17.3 Å². The summed E-state index contributed by atoms with van der Waals surface area (Å²) in [6, 6.07) is 6.02. The Morgan fingerprint density at radius 2 is 1.89 bits per heavy atom. The predicted molar refractivity (Wildman–Crippen MR) is 71.1 cm³/mol. The SMILES string of the molecule is O=C1CC[C@@H](OS(=O)(=O)c2ccc(Br)cc2)[C@H](O)C1. The number of aliphatic hydroxyl groups excluding tert-OH is 1. The molecule has 5 nitrogen and oxygen atoms in total. The molecule has 1 saturated carbocycles. The Morgan fingerprint density at radius 3 is 2.47 bits per heavy atom. The second kappa shape index (κ2) is 5.70. The van der Waals surface area contributed by atoms with Gasteiger partial charge in [0.15, 0.2) is 0 Å². The average Bonchev–Trinajstić information content (AvgIpc) is 2.33. The lowest BCUT2D eigenvalue weighted by Crippen LogP contribution is -2.37. The molecule has 2 rings (SSSR count). The summed E-state index contributed by atoms with van der Waals surface area (Å²) in [5, 5.41) is 9.68. The molecule has 0 unspecified atom stereocenters. The Kier molecular flexibility index (Phi) is 4.39. The van der Waals surface area contributed by atoms with Crippen molar-refractivity contribution in [3.8, 4) is 0 Å². The quantitative estimate of drug-likeness (QED) is 0.839. The van der Waals surface area contributed by atoms with E-state index < -0.39 is 22.3 Å². The zero-order chi connectivity index (χ0) is 14.0. The normalized spacial score (nSPS) is 24.4. The summed E-state index contributed by atoms with van der Waals surface area (Å²) in [4.78, 5) is 11.1. The van der Waals surface area contributed by atoms with E-state index in [1.165, 1.54) is 12.1 Å². The smallest absolute Gasteiger partial charge is 0.297 e. The van der Waals surface area contributed by atoms with Gasteiger partial charge in [0.05, 0.1) is 11.0 Å². The summed E-state index contributed by atoms with van der Waals surface area (Å²) in [5.74, 6) is -0.0756. The molecule has 1 aliphatic rings. The Bertz CT molecular complexity index is 566. The van der Waals surface area contributed by atoms with Crippen molar-refractivity contribution in [2.24, 2.45) is 0 Å². The van der Waals surface area contributed by atoms with E-state index in [0.29, 0.717) is 0 Å². The summed E-state index contributed by atoms with van der Waals surface area (Å²) >= 11 is 3.21. The largest absolute Gasteiger partial charge is 0.390 e. The van der Waals surface area contributed by atoms with Gasteiger partial charge in [0.25, 0.3) is 10.1 Å². The number of halogens is 1. The number of Topliss-reactive ketones (excluding diaryl/α,β-unsaturated/α-hetero) is 1. The summed E-state index contributed by atoms with van der Waals surface area (Å²) in [6.07, 6.45) is -1.52. The van der Waals surface area contributed by atoms with Crippen molar-refractivity contribution in [1.29, 1.82) is 0 Å². The molecule has 0 radical (unpaired) electrons. The molecule has 1 aromatic rings. The lowest BCUT2D eigenvalue weighted by molar-refractivity contribution is -0.126. The van der Waals surface area contributed by atoms with Crippen LogP contribution in [0.4, 0.5) is 0 Å². The first-order valence-electron chi connectivity index (χ1n) is 5.77. The lowest BCUT2D eigenvalue weighted by Gasteiger charge is -2.26. The monoisotopic (exact) mass is 348 g/mol. The number of hydrogen-bond donors (Lipinski definition) is 1. The molecule has 1 fully saturated rings. The first kappa shape index (κ1) is 14.6. The minimum atomic E-state index is -3.92. The highest BCUT2D eigenvalue weighted by atomic mass is 79.9. The van der Waals surface area contributed by atoms with Gasteiger partial charge in [-0.2, -0.15) is 8.42 Å². The second-order valence-electron chi connectivity index (χ2n) is 4.39. The predicted octanol–water partition coefficient (Wildman–Crippen LogP) is 1.64. The van der Waals surface area contributed by atoms with E-state index in [1.54, 1.807) is 12.1 Å². The first-order chi connectivity index (χ1) is 8.88. The number of rotatable bonds is 3. The third-order valence-corrected chi connectivity index (χ3v) is 4.80. The maximum atomic E-state index is 12.0. The minimum Gasteiger partial charge on any atom is -0.390 e. The van der Waals surface area contributed by atoms with Crippen LogP contribution in [0, 0.1) is 0 Å². The lowest BCUT2D eigenvalue weighted by atomic mass is 9.94. The molecule has 1 N–H and O–H groups in total. The Balaban J connectivity index is 2.13. The molecule has 0 heterocycles. The van der Waals surface area contributed by atoms with Crippen molar-refractivity contribution in [2.75, 3.05) is 0 Å². The number of carbonyl (C=O) groups excluding carboxylic acids is 1. The molecule has 2 atom stereocenters. The average molecular weight is 349 g/mol. The molecule has 1 aliphatic carbocycles. The van der Waals surface area contributed by atoms with E-state index >= 15 is 0 Å². The van der Waals surface area contributed by atoms with Gasteiger partial charge in [-0.25, -0.2) is 0 Å². The van der Waals surface area contributed by atoms with Crippen molar-refractivity contribution < 1.29 is 22.5 Å². The van der Waals surface area contributed by atoms with Crippen LogP contribution in [0.5, 0.6) is 0 Å². The van der Waals surface area contributed by atoms with E-state index in [2.05, 4.69) is 15.9 Å². The van der Waals surface area contributed by atoms with Crippen LogP contribution in [0.15, 0.2) is 33.6 Å². The number of ketones is 1. The van der Waals surface area contributed by atoms with E-state index in [1.807, 2.05) is 0 Å². The number of carbonyl (C=O) groups is 1. The fourth-order valence-corrected chi connectivity index (χ4v) is 3.29. The third kappa shape index (κ3) is 3.62. The van der Waals surface area contributed by atoms with Crippen LogP contribution >= 0.6 is 15.9 Å². The van der Waals surface area contributed by atoms with Gasteiger partial charge in [-0.05, 0) is 30.7 Å². The molecule has 0 aliphatic heterocycles. The van der Waals surface area contributed by atoms with Crippen LogP contribution in [0.2, 0.25) is 0 Å². The topological polar surface area (TPSA) is 80.7 Å². The van der Waals surface area contributed by atoms with E-state index in [0.717, 1.165) is 4.47 Å². The van der Waals surface area contributed by atoms with Crippen LogP contribution in [0.3, 0.4) is 0 Å².